The van der Waals surface area contributed by atoms with Crippen LogP contribution in [0.4, 0.5) is 0 Å². The zero-order chi connectivity index (χ0) is 10.8. The predicted molar refractivity (Wildman–Crippen MR) is 60.7 cm³/mol. The fraction of sp³-hybridized carbons (Fsp3) is 0.455. The van der Waals surface area contributed by atoms with E-state index >= 15 is 0 Å². The second-order valence-corrected chi connectivity index (χ2v) is 3.94. The molecule has 0 radical (unpaired) electrons. The summed E-state index contributed by atoms with van der Waals surface area (Å²) in [5.74, 6) is 0. The SMILES string of the molecule is CNCc1cccc2c1nnn2C(C)C. The maximum Gasteiger partial charge on any atom is 0.117 e. The van der Waals surface area contributed by atoms with E-state index in [1.165, 1.54) is 5.56 Å². The van der Waals surface area contributed by atoms with Gasteiger partial charge in [-0.1, -0.05) is 17.3 Å². The molecule has 0 atom stereocenters. The molecule has 0 aliphatic heterocycles. The van der Waals surface area contributed by atoms with Crippen molar-refractivity contribution in [2.45, 2.75) is 26.4 Å². The fourth-order valence-electron chi connectivity index (χ4n) is 1.73. The quantitative estimate of drug-likeness (QED) is 0.828. The number of nitrogens with zero attached hydrogens (tertiary/aromatic N) is 3. The Morgan fingerprint density at radius 3 is 2.87 bits per heavy atom. The molecule has 1 heterocycles. The van der Waals surface area contributed by atoms with Gasteiger partial charge in [0.25, 0.3) is 0 Å². The van der Waals surface area contributed by atoms with Gasteiger partial charge in [0.15, 0.2) is 0 Å². The highest BCUT2D eigenvalue weighted by molar-refractivity contribution is 5.78. The van der Waals surface area contributed by atoms with Crippen molar-refractivity contribution in [3.63, 3.8) is 0 Å². The number of hydrogen-bond acceptors (Lipinski definition) is 3. The van der Waals surface area contributed by atoms with Crippen molar-refractivity contribution in [2.24, 2.45) is 0 Å². The van der Waals surface area contributed by atoms with Crippen LogP contribution in [0.3, 0.4) is 0 Å². The smallest absolute Gasteiger partial charge is 0.117 e. The molecule has 4 heteroatoms. The topological polar surface area (TPSA) is 42.7 Å². The lowest BCUT2D eigenvalue weighted by atomic mass is 10.2. The summed E-state index contributed by atoms with van der Waals surface area (Å²) >= 11 is 0. The molecular formula is C11H16N4. The van der Waals surface area contributed by atoms with Gasteiger partial charge in [0.1, 0.15) is 5.52 Å². The minimum atomic E-state index is 0.347. The van der Waals surface area contributed by atoms with Gasteiger partial charge in [0.2, 0.25) is 0 Å². The lowest BCUT2D eigenvalue weighted by Gasteiger charge is -2.06. The van der Waals surface area contributed by atoms with Gasteiger partial charge in [-0.15, -0.1) is 5.10 Å². The summed E-state index contributed by atoms with van der Waals surface area (Å²) < 4.78 is 1.95. The van der Waals surface area contributed by atoms with Crippen LogP contribution in [0.1, 0.15) is 25.5 Å². The second kappa shape index (κ2) is 3.98. The molecule has 0 saturated carbocycles. The molecule has 0 aliphatic rings. The van der Waals surface area contributed by atoms with Crippen LogP contribution in [0.5, 0.6) is 0 Å². The Morgan fingerprint density at radius 2 is 2.20 bits per heavy atom. The molecule has 0 unspecified atom stereocenters. The van der Waals surface area contributed by atoms with Gasteiger partial charge in [-0.05, 0) is 32.5 Å². The van der Waals surface area contributed by atoms with Crippen molar-refractivity contribution in [3.05, 3.63) is 23.8 Å². The van der Waals surface area contributed by atoms with E-state index in [1.807, 2.05) is 11.7 Å². The number of rotatable bonds is 3. The molecule has 4 nitrogen and oxygen atoms in total. The summed E-state index contributed by atoms with van der Waals surface area (Å²) in [6.07, 6.45) is 0. The van der Waals surface area contributed by atoms with Crippen LogP contribution in [0.25, 0.3) is 11.0 Å². The third-order valence-electron chi connectivity index (χ3n) is 2.44. The summed E-state index contributed by atoms with van der Waals surface area (Å²) in [4.78, 5) is 0. The molecule has 0 saturated heterocycles. The second-order valence-electron chi connectivity index (χ2n) is 3.94. The lowest BCUT2D eigenvalue weighted by molar-refractivity contribution is 0.530. The van der Waals surface area contributed by atoms with Gasteiger partial charge in [-0.2, -0.15) is 0 Å². The van der Waals surface area contributed by atoms with E-state index in [9.17, 15) is 0 Å². The summed E-state index contributed by atoms with van der Waals surface area (Å²) in [6.45, 7) is 5.05. The summed E-state index contributed by atoms with van der Waals surface area (Å²) in [5.41, 5.74) is 3.31. The molecule has 0 fully saturated rings. The Labute approximate surface area is 89.3 Å². The van der Waals surface area contributed by atoms with E-state index in [1.54, 1.807) is 0 Å². The number of nitrogens with one attached hydrogen (secondary N) is 1. The highest BCUT2D eigenvalue weighted by Crippen LogP contribution is 2.18. The number of hydrogen-bond donors (Lipinski definition) is 1. The first-order chi connectivity index (χ1) is 7.24. The monoisotopic (exact) mass is 204 g/mol. The largest absolute Gasteiger partial charge is 0.316 e. The van der Waals surface area contributed by atoms with Gasteiger partial charge >= 0.3 is 0 Å². The zero-order valence-electron chi connectivity index (χ0n) is 9.36. The molecular weight excluding hydrogens is 188 g/mol. The van der Waals surface area contributed by atoms with E-state index in [2.05, 4.69) is 47.7 Å². The molecule has 1 N–H and O–H groups in total. The third kappa shape index (κ3) is 1.72. The van der Waals surface area contributed by atoms with Crippen molar-refractivity contribution in [3.8, 4) is 0 Å². The molecule has 1 aromatic carbocycles. The Hall–Kier alpha value is -1.42. The van der Waals surface area contributed by atoms with Gasteiger partial charge in [0, 0.05) is 12.6 Å². The Morgan fingerprint density at radius 1 is 1.40 bits per heavy atom. The maximum absolute atomic E-state index is 4.23. The van der Waals surface area contributed by atoms with Crippen molar-refractivity contribution in [1.82, 2.24) is 20.3 Å². The van der Waals surface area contributed by atoms with E-state index in [4.69, 9.17) is 0 Å². The summed E-state index contributed by atoms with van der Waals surface area (Å²) in [7, 11) is 1.94. The molecule has 0 aliphatic carbocycles. The Bertz CT molecular complexity index is 459. The van der Waals surface area contributed by atoms with Crippen molar-refractivity contribution < 1.29 is 0 Å². The molecule has 2 aromatic rings. The molecule has 15 heavy (non-hydrogen) atoms. The van der Waals surface area contributed by atoms with Crippen LogP contribution in [0.15, 0.2) is 18.2 Å². The van der Waals surface area contributed by atoms with E-state index in [0.717, 1.165) is 17.6 Å². The third-order valence-corrected chi connectivity index (χ3v) is 2.44. The number of fused-ring (bicyclic) bond motifs is 1. The van der Waals surface area contributed by atoms with E-state index < -0.39 is 0 Å². The number of aromatic nitrogens is 3. The van der Waals surface area contributed by atoms with E-state index in [0.29, 0.717) is 6.04 Å². The highest BCUT2D eigenvalue weighted by Gasteiger charge is 2.09. The average Bonchev–Trinajstić information content (AvgIpc) is 2.62. The van der Waals surface area contributed by atoms with Gasteiger partial charge < -0.3 is 5.32 Å². The van der Waals surface area contributed by atoms with Crippen LogP contribution in [-0.4, -0.2) is 22.0 Å². The average molecular weight is 204 g/mol. The van der Waals surface area contributed by atoms with Gasteiger partial charge in [-0.25, -0.2) is 4.68 Å². The fourth-order valence-corrected chi connectivity index (χ4v) is 1.73. The standard InChI is InChI=1S/C11H16N4/c1-8(2)15-10-6-4-5-9(7-12-3)11(10)13-14-15/h4-6,8,12H,7H2,1-3H3. The molecule has 0 bridgehead atoms. The first-order valence-electron chi connectivity index (χ1n) is 5.21. The first kappa shape index (κ1) is 10.1. The van der Waals surface area contributed by atoms with Crippen LogP contribution in [0, 0.1) is 0 Å². The van der Waals surface area contributed by atoms with Gasteiger partial charge in [0.05, 0.1) is 5.52 Å². The van der Waals surface area contributed by atoms with Crippen molar-refractivity contribution >= 4 is 11.0 Å². The molecule has 2 rings (SSSR count). The molecule has 80 valence electrons. The molecule has 0 spiro atoms. The van der Waals surface area contributed by atoms with Crippen LogP contribution in [-0.2, 0) is 6.54 Å². The molecule has 1 aromatic heterocycles. The Kier molecular flexibility index (Phi) is 2.68. The van der Waals surface area contributed by atoms with Crippen LogP contribution < -0.4 is 5.32 Å². The predicted octanol–water partition coefficient (Wildman–Crippen LogP) is 1.73. The Balaban J connectivity index is 2.58. The highest BCUT2D eigenvalue weighted by atomic mass is 15.4. The number of benzene rings is 1. The molecule has 0 amide bonds. The van der Waals surface area contributed by atoms with Gasteiger partial charge in [-0.3, -0.25) is 0 Å². The minimum Gasteiger partial charge on any atom is -0.316 e. The van der Waals surface area contributed by atoms with Crippen LogP contribution in [0.2, 0.25) is 0 Å². The summed E-state index contributed by atoms with van der Waals surface area (Å²) in [5, 5.41) is 11.5. The van der Waals surface area contributed by atoms with Crippen LogP contribution >= 0.6 is 0 Å². The van der Waals surface area contributed by atoms with E-state index in [-0.39, 0.29) is 0 Å². The normalized spacial score (nSPS) is 11.5. The first-order valence-corrected chi connectivity index (χ1v) is 5.21. The van der Waals surface area contributed by atoms with Crippen molar-refractivity contribution in [2.75, 3.05) is 7.05 Å². The summed E-state index contributed by atoms with van der Waals surface area (Å²) in [6, 6.07) is 6.55. The maximum atomic E-state index is 4.23. The minimum absolute atomic E-state index is 0.347. The zero-order valence-corrected chi connectivity index (χ0v) is 9.36. The van der Waals surface area contributed by atoms with Crippen molar-refractivity contribution in [1.29, 1.82) is 0 Å². The lowest BCUT2D eigenvalue weighted by Crippen LogP contribution is -2.05.